The molecule has 4 heteroatoms. The summed E-state index contributed by atoms with van der Waals surface area (Å²) >= 11 is 6.10. The number of nitrogen functional groups attached to an aromatic ring is 1. The minimum atomic E-state index is 0.630. The molecule has 0 amide bonds. The zero-order valence-electron chi connectivity index (χ0n) is 10.7. The van der Waals surface area contributed by atoms with E-state index in [1.54, 1.807) is 0 Å². The van der Waals surface area contributed by atoms with E-state index in [4.69, 9.17) is 17.3 Å². The number of hydrogen-bond donors (Lipinski definition) is 1. The molecule has 2 N–H and O–H groups in total. The largest absolute Gasteiger partial charge is 0.398 e. The van der Waals surface area contributed by atoms with Gasteiger partial charge >= 0.3 is 0 Å². The van der Waals surface area contributed by atoms with Crippen molar-refractivity contribution in [3.63, 3.8) is 0 Å². The van der Waals surface area contributed by atoms with Gasteiger partial charge in [0, 0.05) is 24.8 Å². The zero-order valence-corrected chi connectivity index (χ0v) is 11.5. The second kappa shape index (κ2) is 4.75. The Morgan fingerprint density at radius 2 is 2.12 bits per heavy atom. The van der Waals surface area contributed by atoms with Gasteiger partial charge < -0.3 is 15.5 Å². The van der Waals surface area contributed by atoms with E-state index in [-0.39, 0.29) is 0 Å². The van der Waals surface area contributed by atoms with Crippen LogP contribution in [0.25, 0.3) is 0 Å². The van der Waals surface area contributed by atoms with Gasteiger partial charge in [0.05, 0.1) is 10.7 Å². The van der Waals surface area contributed by atoms with E-state index in [0.717, 1.165) is 13.1 Å². The molecule has 1 heterocycles. The fourth-order valence-corrected chi connectivity index (χ4v) is 2.57. The summed E-state index contributed by atoms with van der Waals surface area (Å²) in [6.07, 6.45) is 1.20. The van der Waals surface area contributed by atoms with Gasteiger partial charge in [-0.1, -0.05) is 11.6 Å². The standard InChI is InChI=1S/C13H20ClN3/c1-9-6-12(15)11(14)7-13(9)17-5-4-10(8-17)16(2)3/h6-7,10H,4-5,8,15H2,1-3H3. The van der Waals surface area contributed by atoms with Crippen LogP contribution in [0.5, 0.6) is 0 Å². The van der Waals surface area contributed by atoms with Gasteiger partial charge in [-0.15, -0.1) is 0 Å². The van der Waals surface area contributed by atoms with Gasteiger partial charge in [-0.25, -0.2) is 0 Å². The maximum absolute atomic E-state index is 6.10. The van der Waals surface area contributed by atoms with Gasteiger partial charge in [0.1, 0.15) is 0 Å². The molecule has 1 aromatic carbocycles. The normalized spacial score (nSPS) is 20.3. The van der Waals surface area contributed by atoms with Crippen molar-refractivity contribution in [3.8, 4) is 0 Å². The monoisotopic (exact) mass is 253 g/mol. The highest BCUT2D eigenvalue weighted by molar-refractivity contribution is 6.33. The van der Waals surface area contributed by atoms with Crippen molar-refractivity contribution in [1.29, 1.82) is 0 Å². The maximum atomic E-state index is 6.10. The molecule has 1 aliphatic heterocycles. The van der Waals surface area contributed by atoms with Crippen LogP contribution in [0.15, 0.2) is 12.1 Å². The average Bonchev–Trinajstić information content (AvgIpc) is 2.72. The molecule has 1 fully saturated rings. The van der Waals surface area contributed by atoms with Gasteiger partial charge in [-0.3, -0.25) is 0 Å². The lowest BCUT2D eigenvalue weighted by Crippen LogP contribution is -2.31. The van der Waals surface area contributed by atoms with E-state index >= 15 is 0 Å². The third kappa shape index (κ3) is 2.50. The molecule has 1 aromatic rings. The van der Waals surface area contributed by atoms with Gasteiger partial charge in [-0.2, -0.15) is 0 Å². The predicted molar refractivity (Wildman–Crippen MR) is 74.9 cm³/mol. The Morgan fingerprint density at radius 1 is 1.41 bits per heavy atom. The minimum absolute atomic E-state index is 0.630. The fourth-order valence-electron chi connectivity index (χ4n) is 2.42. The predicted octanol–water partition coefficient (Wildman–Crippen LogP) is 2.37. The van der Waals surface area contributed by atoms with Crippen molar-refractivity contribution in [1.82, 2.24) is 4.90 Å². The Kier molecular flexibility index (Phi) is 3.50. The lowest BCUT2D eigenvalue weighted by atomic mass is 10.1. The van der Waals surface area contributed by atoms with Crippen molar-refractivity contribution < 1.29 is 0 Å². The summed E-state index contributed by atoms with van der Waals surface area (Å²) in [7, 11) is 4.27. The van der Waals surface area contributed by atoms with Crippen LogP contribution in [0.2, 0.25) is 5.02 Å². The van der Waals surface area contributed by atoms with Crippen molar-refractivity contribution in [3.05, 3.63) is 22.7 Å². The third-order valence-corrected chi connectivity index (χ3v) is 3.88. The highest BCUT2D eigenvalue weighted by Crippen LogP contribution is 2.31. The second-order valence-electron chi connectivity index (χ2n) is 5.01. The number of hydrogen-bond acceptors (Lipinski definition) is 3. The van der Waals surface area contributed by atoms with E-state index in [1.807, 2.05) is 12.1 Å². The van der Waals surface area contributed by atoms with E-state index in [1.165, 1.54) is 17.7 Å². The number of likely N-dealkylation sites (N-methyl/N-ethyl adjacent to an activating group) is 1. The van der Waals surface area contributed by atoms with Gasteiger partial charge in [0.2, 0.25) is 0 Å². The van der Waals surface area contributed by atoms with Crippen molar-refractivity contribution >= 4 is 23.0 Å². The van der Waals surface area contributed by atoms with Gasteiger partial charge in [-0.05, 0) is 45.1 Å². The SMILES string of the molecule is Cc1cc(N)c(Cl)cc1N1CCC(N(C)C)C1. The van der Waals surface area contributed by atoms with Crippen LogP contribution in [0, 0.1) is 6.92 Å². The summed E-state index contributed by atoms with van der Waals surface area (Å²) in [5, 5.41) is 0.652. The van der Waals surface area contributed by atoms with E-state index in [2.05, 4.69) is 30.8 Å². The van der Waals surface area contributed by atoms with Crippen LogP contribution < -0.4 is 10.6 Å². The first-order chi connectivity index (χ1) is 7.99. The molecule has 1 aliphatic rings. The number of nitrogens with two attached hydrogens (primary N) is 1. The molecule has 0 aliphatic carbocycles. The zero-order chi connectivity index (χ0) is 12.6. The summed E-state index contributed by atoms with van der Waals surface area (Å²) in [5.74, 6) is 0. The fraction of sp³-hybridized carbons (Fsp3) is 0.538. The summed E-state index contributed by atoms with van der Waals surface area (Å²) < 4.78 is 0. The van der Waals surface area contributed by atoms with Crippen molar-refractivity contribution in [2.75, 3.05) is 37.8 Å². The summed E-state index contributed by atoms with van der Waals surface area (Å²) in [4.78, 5) is 4.68. The topological polar surface area (TPSA) is 32.5 Å². The summed E-state index contributed by atoms with van der Waals surface area (Å²) in [6, 6.07) is 4.58. The first kappa shape index (κ1) is 12.5. The molecule has 94 valence electrons. The molecule has 2 rings (SSSR count). The van der Waals surface area contributed by atoms with Crippen LogP contribution in [0.1, 0.15) is 12.0 Å². The Balaban J connectivity index is 2.22. The van der Waals surface area contributed by atoms with E-state index in [0.29, 0.717) is 16.8 Å². The van der Waals surface area contributed by atoms with Gasteiger partial charge in [0.25, 0.3) is 0 Å². The lowest BCUT2D eigenvalue weighted by molar-refractivity contribution is 0.315. The second-order valence-corrected chi connectivity index (χ2v) is 5.42. The summed E-state index contributed by atoms with van der Waals surface area (Å²) in [5.41, 5.74) is 8.88. The quantitative estimate of drug-likeness (QED) is 0.822. The number of halogens is 1. The van der Waals surface area contributed by atoms with Crippen molar-refractivity contribution in [2.45, 2.75) is 19.4 Å². The van der Waals surface area contributed by atoms with Gasteiger partial charge in [0.15, 0.2) is 0 Å². The Bertz CT molecular complexity index is 417. The Hall–Kier alpha value is -0.930. The van der Waals surface area contributed by atoms with Crippen LogP contribution >= 0.6 is 11.6 Å². The minimum Gasteiger partial charge on any atom is -0.398 e. The first-order valence-corrected chi connectivity index (χ1v) is 6.34. The first-order valence-electron chi connectivity index (χ1n) is 5.96. The molecule has 1 atom stereocenters. The average molecular weight is 254 g/mol. The molecule has 3 nitrogen and oxygen atoms in total. The third-order valence-electron chi connectivity index (χ3n) is 3.55. The highest BCUT2D eigenvalue weighted by atomic mass is 35.5. The number of rotatable bonds is 2. The smallest absolute Gasteiger partial charge is 0.0656 e. The maximum Gasteiger partial charge on any atom is 0.0656 e. The van der Waals surface area contributed by atoms with Crippen molar-refractivity contribution in [2.24, 2.45) is 0 Å². The lowest BCUT2D eigenvalue weighted by Gasteiger charge is -2.23. The molecule has 0 bridgehead atoms. The van der Waals surface area contributed by atoms with E-state index < -0.39 is 0 Å². The highest BCUT2D eigenvalue weighted by Gasteiger charge is 2.25. The Labute approximate surface area is 108 Å². The molecule has 17 heavy (non-hydrogen) atoms. The molecule has 0 aromatic heterocycles. The van der Waals surface area contributed by atoms with Crippen LogP contribution in [-0.2, 0) is 0 Å². The number of anilines is 2. The molecular formula is C13H20ClN3. The number of benzene rings is 1. The summed E-state index contributed by atoms with van der Waals surface area (Å²) in [6.45, 7) is 4.24. The molecule has 0 saturated carbocycles. The van der Waals surface area contributed by atoms with Crippen LogP contribution in [0.3, 0.4) is 0 Å². The molecule has 0 radical (unpaired) electrons. The molecule has 0 spiro atoms. The number of aryl methyl sites for hydroxylation is 1. The molecular weight excluding hydrogens is 234 g/mol. The van der Waals surface area contributed by atoms with Crippen LogP contribution in [0.4, 0.5) is 11.4 Å². The molecule has 1 unspecified atom stereocenters. The molecule has 1 saturated heterocycles. The van der Waals surface area contributed by atoms with Crippen LogP contribution in [-0.4, -0.2) is 38.1 Å². The Morgan fingerprint density at radius 3 is 2.71 bits per heavy atom. The van der Waals surface area contributed by atoms with E-state index in [9.17, 15) is 0 Å². The number of nitrogens with zero attached hydrogens (tertiary/aromatic N) is 2.